The smallest absolute Gasteiger partial charge is 0.344 e. The zero-order valence-corrected chi connectivity index (χ0v) is 17.4. The van der Waals surface area contributed by atoms with E-state index in [-0.39, 0.29) is 10.7 Å². The summed E-state index contributed by atoms with van der Waals surface area (Å²) in [5, 5.41) is 1.35. The van der Waals surface area contributed by atoms with Gasteiger partial charge in [0.1, 0.15) is 6.26 Å². The Labute approximate surface area is 175 Å². The van der Waals surface area contributed by atoms with Gasteiger partial charge >= 0.3 is 5.16 Å². The Hall–Kier alpha value is -2.74. The summed E-state index contributed by atoms with van der Waals surface area (Å²) in [4.78, 5) is 25.8. The molecule has 4 aromatic rings. The number of aromatic nitrogens is 4. The first kappa shape index (κ1) is 19.6. The molecule has 1 unspecified atom stereocenters. The summed E-state index contributed by atoms with van der Waals surface area (Å²) in [6.45, 7) is 2.28. The molecule has 8 heteroatoms. The average molecular weight is 425 g/mol. The summed E-state index contributed by atoms with van der Waals surface area (Å²) in [7, 11) is 0. The molecule has 0 saturated carbocycles. The number of hydrogen-bond donors (Lipinski definition) is 0. The van der Waals surface area contributed by atoms with Gasteiger partial charge < -0.3 is 4.55 Å². The van der Waals surface area contributed by atoms with Crippen molar-refractivity contribution < 1.29 is 4.55 Å². The minimum absolute atomic E-state index is 0.200. The molecule has 0 saturated heterocycles. The van der Waals surface area contributed by atoms with Gasteiger partial charge in [0.2, 0.25) is 0 Å². The molecule has 0 aliphatic heterocycles. The number of fused-ring (bicyclic) bond motifs is 1. The van der Waals surface area contributed by atoms with Gasteiger partial charge in [0.05, 0.1) is 0 Å². The highest BCUT2D eigenvalue weighted by atomic mass is 35.5. The first-order valence-electron chi connectivity index (χ1n) is 8.94. The lowest BCUT2D eigenvalue weighted by Crippen LogP contribution is -2.23. The summed E-state index contributed by atoms with van der Waals surface area (Å²) in [5.74, 6) is 0. The van der Waals surface area contributed by atoms with Crippen LogP contribution in [0.2, 0.25) is 5.02 Å². The van der Waals surface area contributed by atoms with E-state index in [1.54, 1.807) is 29.2 Å². The van der Waals surface area contributed by atoms with E-state index in [1.807, 2.05) is 37.3 Å². The average Bonchev–Trinajstić information content (AvgIpc) is 2.73. The van der Waals surface area contributed by atoms with Crippen LogP contribution in [-0.2, 0) is 17.7 Å². The number of halogens is 1. The zero-order chi connectivity index (χ0) is 20.5. The Morgan fingerprint density at radius 1 is 1.14 bits per heavy atom. The molecule has 0 spiro atoms. The summed E-state index contributed by atoms with van der Waals surface area (Å²) in [5.41, 5.74) is 3.22. The topological polar surface area (TPSA) is 83.7 Å². The Bertz CT molecular complexity index is 1260. The molecule has 29 heavy (non-hydrogen) atoms. The molecule has 0 amide bonds. The molecule has 0 aliphatic rings. The van der Waals surface area contributed by atoms with E-state index >= 15 is 0 Å². The van der Waals surface area contributed by atoms with Gasteiger partial charge in [0.15, 0.2) is 5.65 Å². The summed E-state index contributed by atoms with van der Waals surface area (Å²) in [6.07, 6.45) is 6.57. The molecule has 3 aromatic heterocycles. The van der Waals surface area contributed by atoms with Crippen LogP contribution >= 0.6 is 11.6 Å². The third-order valence-corrected chi connectivity index (χ3v) is 5.66. The molecule has 0 radical (unpaired) electrons. The van der Waals surface area contributed by atoms with Crippen LogP contribution in [0.25, 0.3) is 33.3 Å². The maximum Gasteiger partial charge on any atom is 0.344 e. The molecular weight excluding hydrogens is 408 g/mol. The van der Waals surface area contributed by atoms with Crippen molar-refractivity contribution in [2.24, 2.45) is 0 Å². The predicted molar refractivity (Wildman–Crippen MR) is 115 cm³/mol. The monoisotopic (exact) mass is 424 g/mol. The fourth-order valence-electron chi connectivity index (χ4n) is 3.21. The second-order valence-corrected chi connectivity index (χ2v) is 8.11. The Morgan fingerprint density at radius 3 is 2.62 bits per heavy atom. The number of rotatable bonds is 4. The number of pyridine rings is 2. The molecule has 4 rings (SSSR count). The molecule has 0 aliphatic carbocycles. The van der Waals surface area contributed by atoms with Crippen LogP contribution < -0.4 is 5.56 Å². The van der Waals surface area contributed by atoms with E-state index < -0.39 is 11.2 Å². The van der Waals surface area contributed by atoms with Gasteiger partial charge in [-0.3, -0.25) is 14.3 Å². The first-order chi connectivity index (χ1) is 14.0. The molecule has 0 N–H and O–H groups in total. The highest BCUT2D eigenvalue weighted by Gasteiger charge is 2.17. The van der Waals surface area contributed by atoms with Gasteiger partial charge in [-0.15, -0.1) is 0 Å². The molecule has 0 bridgehead atoms. The van der Waals surface area contributed by atoms with Gasteiger partial charge in [-0.25, -0.2) is 0 Å². The van der Waals surface area contributed by atoms with E-state index in [9.17, 15) is 9.35 Å². The fraction of sp³-hybridized carbons (Fsp3) is 0.143. The van der Waals surface area contributed by atoms with Crippen LogP contribution in [-0.4, -0.2) is 30.3 Å². The third kappa shape index (κ3) is 3.64. The van der Waals surface area contributed by atoms with E-state index in [0.717, 1.165) is 11.1 Å². The minimum atomic E-state index is -1.33. The standard InChI is InChI=1S/C21H17ClN4O2S/c1-3-26-19-15(12-24-21(25-19)29(2)28)9-17(20(26)27)16-7-6-13(10-18(16)22)14-5-4-8-23-11-14/h4-12H,3H2,1-2H3. The van der Waals surface area contributed by atoms with Crippen LogP contribution in [0.15, 0.2) is 64.9 Å². The highest BCUT2D eigenvalue weighted by Crippen LogP contribution is 2.31. The molecule has 1 atom stereocenters. The van der Waals surface area contributed by atoms with Crippen LogP contribution in [0, 0.1) is 0 Å². The normalized spacial score (nSPS) is 12.3. The Kier molecular flexibility index (Phi) is 5.36. The second-order valence-electron chi connectivity index (χ2n) is 6.43. The van der Waals surface area contributed by atoms with Crippen molar-refractivity contribution in [2.75, 3.05) is 6.26 Å². The lowest BCUT2D eigenvalue weighted by atomic mass is 10.0. The summed E-state index contributed by atoms with van der Waals surface area (Å²) < 4.78 is 13.3. The number of aryl methyl sites for hydroxylation is 1. The van der Waals surface area contributed by atoms with Crippen molar-refractivity contribution in [3.63, 3.8) is 0 Å². The van der Waals surface area contributed by atoms with E-state index in [2.05, 4.69) is 15.0 Å². The molecule has 6 nitrogen and oxygen atoms in total. The van der Waals surface area contributed by atoms with Crippen LogP contribution in [0.1, 0.15) is 6.92 Å². The fourth-order valence-corrected chi connectivity index (χ4v) is 3.91. The van der Waals surface area contributed by atoms with Gasteiger partial charge in [-0.2, -0.15) is 9.97 Å². The van der Waals surface area contributed by atoms with E-state index in [1.165, 1.54) is 6.26 Å². The lowest BCUT2D eigenvalue weighted by molar-refractivity contribution is 0.592. The third-order valence-electron chi connectivity index (χ3n) is 4.63. The van der Waals surface area contributed by atoms with Gasteiger partial charge in [-0.1, -0.05) is 29.8 Å². The highest BCUT2D eigenvalue weighted by molar-refractivity contribution is 7.90. The SMILES string of the molecule is CCn1c(=O)c(-c2ccc(-c3cccnc3)cc2Cl)cc2cnc([S+](C)[O-])nc21. The van der Waals surface area contributed by atoms with Crippen LogP contribution in [0.4, 0.5) is 0 Å². The van der Waals surface area contributed by atoms with Gasteiger partial charge in [0, 0.05) is 63.4 Å². The second kappa shape index (κ2) is 7.94. The van der Waals surface area contributed by atoms with E-state index in [4.69, 9.17) is 11.6 Å². The molecule has 146 valence electrons. The molecule has 3 heterocycles. The minimum Gasteiger partial charge on any atom is -0.609 e. The molecular formula is C21H17ClN4O2S. The van der Waals surface area contributed by atoms with Crippen molar-refractivity contribution in [2.45, 2.75) is 18.6 Å². The molecule has 1 aromatic carbocycles. The maximum absolute atomic E-state index is 13.2. The predicted octanol–water partition coefficient (Wildman–Crippen LogP) is 3.93. The quantitative estimate of drug-likeness (QED) is 0.366. The van der Waals surface area contributed by atoms with Crippen LogP contribution in [0.3, 0.4) is 0 Å². The van der Waals surface area contributed by atoms with Crippen molar-refractivity contribution in [1.29, 1.82) is 0 Å². The van der Waals surface area contributed by atoms with E-state index in [0.29, 0.717) is 33.7 Å². The zero-order valence-electron chi connectivity index (χ0n) is 15.8. The molecule has 0 fully saturated rings. The number of nitrogens with zero attached hydrogens (tertiary/aromatic N) is 4. The Balaban J connectivity index is 1.89. The van der Waals surface area contributed by atoms with Crippen molar-refractivity contribution >= 4 is 33.8 Å². The van der Waals surface area contributed by atoms with Crippen molar-refractivity contribution in [3.8, 4) is 22.3 Å². The first-order valence-corrected chi connectivity index (χ1v) is 10.9. The van der Waals surface area contributed by atoms with Crippen molar-refractivity contribution in [1.82, 2.24) is 19.5 Å². The maximum atomic E-state index is 13.2. The lowest BCUT2D eigenvalue weighted by Gasteiger charge is -2.13. The van der Waals surface area contributed by atoms with Gasteiger partial charge in [0.25, 0.3) is 5.56 Å². The number of hydrogen-bond acceptors (Lipinski definition) is 5. The van der Waals surface area contributed by atoms with Gasteiger partial charge in [-0.05, 0) is 30.7 Å². The summed E-state index contributed by atoms with van der Waals surface area (Å²) >= 11 is 5.23. The summed E-state index contributed by atoms with van der Waals surface area (Å²) in [6, 6.07) is 11.1. The Morgan fingerprint density at radius 2 is 1.97 bits per heavy atom. The van der Waals surface area contributed by atoms with Crippen LogP contribution in [0.5, 0.6) is 0 Å². The number of benzene rings is 1. The largest absolute Gasteiger partial charge is 0.609 e. The van der Waals surface area contributed by atoms with Crippen molar-refractivity contribution in [3.05, 3.63) is 70.4 Å².